The zero-order valence-corrected chi connectivity index (χ0v) is 16.6. The van der Waals surface area contributed by atoms with Crippen LogP contribution in [0.25, 0.3) is 0 Å². The SMILES string of the molecule is O=C(NC12CC3CC(C1)CC(NC(=O)C1CCCCC1)(C3)C2)c1ccccn1. The molecule has 0 saturated heterocycles. The van der Waals surface area contributed by atoms with Gasteiger partial charge >= 0.3 is 0 Å². The highest BCUT2D eigenvalue weighted by atomic mass is 16.2. The minimum absolute atomic E-state index is 0.0729. The Morgan fingerprint density at radius 1 is 0.929 bits per heavy atom. The van der Waals surface area contributed by atoms with E-state index in [4.69, 9.17) is 0 Å². The van der Waals surface area contributed by atoms with Crippen LogP contribution < -0.4 is 10.6 Å². The number of nitrogens with one attached hydrogen (secondary N) is 2. The third-order valence-corrected chi connectivity index (χ3v) is 7.70. The van der Waals surface area contributed by atoms with Crippen molar-refractivity contribution in [2.45, 2.75) is 81.7 Å². The number of pyridine rings is 1. The van der Waals surface area contributed by atoms with Gasteiger partial charge in [0, 0.05) is 23.2 Å². The highest BCUT2D eigenvalue weighted by Crippen LogP contribution is 2.57. The molecule has 0 spiro atoms. The fraction of sp³-hybridized carbons (Fsp3) is 0.696. The maximum Gasteiger partial charge on any atom is 0.270 e. The fourth-order valence-electron chi connectivity index (χ4n) is 7.09. The molecule has 0 radical (unpaired) electrons. The summed E-state index contributed by atoms with van der Waals surface area (Å²) in [5.41, 5.74) is 0.188. The molecule has 1 heterocycles. The molecule has 5 fully saturated rings. The first kappa shape index (κ1) is 18.1. The van der Waals surface area contributed by atoms with Crippen LogP contribution in [0.3, 0.4) is 0 Å². The number of carbonyl (C=O) groups is 2. The van der Waals surface area contributed by atoms with Crippen molar-refractivity contribution in [3.8, 4) is 0 Å². The molecule has 5 saturated carbocycles. The first-order valence-corrected chi connectivity index (χ1v) is 11.1. The van der Waals surface area contributed by atoms with Crippen LogP contribution in [0.1, 0.15) is 81.1 Å². The summed E-state index contributed by atoms with van der Waals surface area (Å²) in [4.78, 5) is 30.1. The van der Waals surface area contributed by atoms with E-state index in [0.717, 1.165) is 44.9 Å². The largest absolute Gasteiger partial charge is 0.350 e. The molecule has 2 atom stereocenters. The van der Waals surface area contributed by atoms with Gasteiger partial charge in [-0.3, -0.25) is 14.6 Å². The molecule has 150 valence electrons. The van der Waals surface area contributed by atoms with Gasteiger partial charge in [-0.1, -0.05) is 25.3 Å². The van der Waals surface area contributed by atoms with E-state index in [2.05, 4.69) is 15.6 Å². The lowest BCUT2D eigenvalue weighted by Gasteiger charge is -2.62. The number of aromatic nitrogens is 1. The standard InChI is InChI=1S/C23H31N3O2/c27-20(18-6-2-1-3-7-18)25-22-11-16-10-17(12-22)14-23(13-16,15-22)26-21(28)19-8-4-5-9-24-19/h4-5,8-9,16-18H,1-3,6-7,10-15H2,(H,25,27)(H,26,28). The zero-order valence-electron chi connectivity index (χ0n) is 16.6. The molecule has 4 bridgehead atoms. The molecular formula is C23H31N3O2. The third kappa shape index (κ3) is 3.33. The molecular weight excluding hydrogens is 350 g/mol. The van der Waals surface area contributed by atoms with E-state index in [1.165, 1.54) is 25.7 Å². The Morgan fingerprint density at radius 3 is 2.25 bits per heavy atom. The minimum Gasteiger partial charge on any atom is -0.350 e. The molecule has 28 heavy (non-hydrogen) atoms. The average molecular weight is 382 g/mol. The van der Waals surface area contributed by atoms with Crippen molar-refractivity contribution in [3.63, 3.8) is 0 Å². The van der Waals surface area contributed by atoms with Gasteiger partial charge in [-0.25, -0.2) is 0 Å². The molecule has 6 rings (SSSR count). The van der Waals surface area contributed by atoms with E-state index in [0.29, 0.717) is 17.5 Å². The van der Waals surface area contributed by atoms with Crippen molar-refractivity contribution < 1.29 is 9.59 Å². The molecule has 5 nitrogen and oxygen atoms in total. The molecule has 2 amide bonds. The quantitative estimate of drug-likeness (QED) is 0.837. The topological polar surface area (TPSA) is 71.1 Å². The second kappa shape index (κ2) is 6.85. The Bertz CT molecular complexity index is 742. The summed E-state index contributed by atoms with van der Waals surface area (Å²) < 4.78 is 0. The number of carbonyl (C=O) groups excluding carboxylic acids is 2. The summed E-state index contributed by atoms with van der Waals surface area (Å²) in [5.74, 6) is 1.61. The van der Waals surface area contributed by atoms with E-state index in [1.54, 1.807) is 12.3 Å². The van der Waals surface area contributed by atoms with Crippen molar-refractivity contribution in [3.05, 3.63) is 30.1 Å². The molecule has 5 heteroatoms. The summed E-state index contributed by atoms with van der Waals surface area (Å²) in [6, 6.07) is 5.46. The second-order valence-corrected chi connectivity index (χ2v) is 10.0. The molecule has 2 N–H and O–H groups in total. The fourth-order valence-corrected chi connectivity index (χ4v) is 7.09. The van der Waals surface area contributed by atoms with Crippen LogP contribution in [0.4, 0.5) is 0 Å². The van der Waals surface area contributed by atoms with Crippen LogP contribution in [-0.4, -0.2) is 27.9 Å². The normalized spacial score (nSPS) is 36.9. The summed E-state index contributed by atoms with van der Waals surface area (Å²) in [7, 11) is 0. The van der Waals surface area contributed by atoms with Gasteiger partial charge < -0.3 is 10.6 Å². The smallest absolute Gasteiger partial charge is 0.270 e. The van der Waals surface area contributed by atoms with Gasteiger partial charge in [0.2, 0.25) is 5.91 Å². The molecule has 1 aromatic heterocycles. The van der Waals surface area contributed by atoms with E-state index in [1.807, 2.05) is 12.1 Å². The highest BCUT2D eigenvalue weighted by molar-refractivity contribution is 5.92. The summed E-state index contributed by atoms with van der Waals surface area (Å²) in [6.45, 7) is 0. The van der Waals surface area contributed by atoms with Gasteiger partial charge in [0.25, 0.3) is 5.91 Å². The molecule has 0 aliphatic heterocycles. The molecule has 1 aromatic rings. The Labute approximate surface area is 167 Å². The van der Waals surface area contributed by atoms with E-state index >= 15 is 0 Å². The zero-order chi connectivity index (χ0) is 19.2. The number of amides is 2. The number of hydrogen-bond donors (Lipinski definition) is 2. The van der Waals surface area contributed by atoms with E-state index in [-0.39, 0.29) is 28.8 Å². The van der Waals surface area contributed by atoms with E-state index in [9.17, 15) is 9.59 Å². The molecule has 5 aliphatic rings. The summed E-state index contributed by atoms with van der Waals surface area (Å²) in [6.07, 6.45) is 13.8. The number of rotatable bonds is 4. The Balaban J connectivity index is 1.33. The average Bonchev–Trinajstić information content (AvgIpc) is 2.67. The molecule has 2 unspecified atom stereocenters. The Morgan fingerprint density at radius 2 is 1.61 bits per heavy atom. The highest BCUT2D eigenvalue weighted by Gasteiger charge is 2.59. The van der Waals surface area contributed by atoms with Gasteiger partial charge in [-0.2, -0.15) is 0 Å². The maximum absolute atomic E-state index is 13.0. The Hall–Kier alpha value is -1.91. The van der Waals surface area contributed by atoms with Crippen molar-refractivity contribution in [2.24, 2.45) is 17.8 Å². The predicted molar refractivity (Wildman–Crippen MR) is 107 cm³/mol. The number of hydrogen-bond acceptors (Lipinski definition) is 3. The van der Waals surface area contributed by atoms with Crippen LogP contribution in [-0.2, 0) is 4.79 Å². The first-order valence-electron chi connectivity index (χ1n) is 11.1. The van der Waals surface area contributed by atoms with Gasteiger partial charge in [0.15, 0.2) is 0 Å². The van der Waals surface area contributed by atoms with Crippen molar-refractivity contribution in [1.29, 1.82) is 0 Å². The van der Waals surface area contributed by atoms with Crippen LogP contribution in [0.5, 0.6) is 0 Å². The van der Waals surface area contributed by atoms with Crippen molar-refractivity contribution in [2.75, 3.05) is 0 Å². The van der Waals surface area contributed by atoms with Gasteiger partial charge in [-0.15, -0.1) is 0 Å². The van der Waals surface area contributed by atoms with E-state index < -0.39 is 0 Å². The lowest BCUT2D eigenvalue weighted by molar-refractivity contribution is -0.132. The lowest BCUT2D eigenvalue weighted by Crippen LogP contribution is -2.70. The molecule has 0 aromatic carbocycles. The second-order valence-electron chi connectivity index (χ2n) is 10.0. The van der Waals surface area contributed by atoms with Gasteiger partial charge in [0.05, 0.1) is 0 Å². The first-order chi connectivity index (χ1) is 13.5. The van der Waals surface area contributed by atoms with Crippen LogP contribution in [0, 0.1) is 17.8 Å². The van der Waals surface area contributed by atoms with Crippen LogP contribution in [0.15, 0.2) is 24.4 Å². The van der Waals surface area contributed by atoms with Crippen molar-refractivity contribution >= 4 is 11.8 Å². The van der Waals surface area contributed by atoms with Gasteiger partial charge in [-0.05, 0) is 75.3 Å². The van der Waals surface area contributed by atoms with Crippen LogP contribution >= 0.6 is 0 Å². The third-order valence-electron chi connectivity index (χ3n) is 7.70. The summed E-state index contributed by atoms with van der Waals surface area (Å²) in [5, 5.41) is 6.89. The number of nitrogens with zero attached hydrogens (tertiary/aromatic N) is 1. The summed E-state index contributed by atoms with van der Waals surface area (Å²) >= 11 is 0. The molecule has 5 aliphatic carbocycles. The monoisotopic (exact) mass is 381 g/mol. The van der Waals surface area contributed by atoms with Gasteiger partial charge in [0.1, 0.15) is 5.69 Å². The minimum atomic E-state index is -0.182. The lowest BCUT2D eigenvalue weighted by atomic mass is 9.49. The Kier molecular flexibility index (Phi) is 4.44. The van der Waals surface area contributed by atoms with Crippen molar-refractivity contribution in [1.82, 2.24) is 15.6 Å². The van der Waals surface area contributed by atoms with Crippen LogP contribution in [0.2, 0.25) is 0 Å². The maximum atomic E-state index is 13.0. The predicted octanol–water partition coefficient (Wildman–Crippen LogP) is 3.60.